The van der Waals surface area contributed by atoms with Gasteiger partial charge in [-0.2, -0.15) is 0 Å². The Morgan fingerprint density at radius 2 is 1.90 bits per heavy atom. The molecule has 0 aromatic heterocycles. The molecule has 0 bridgehead atoms. The van der Waals surface area contributed by atoms with E-state index in [2.05, 4.69) is 52.4 Å². The number of rotatable bonds is 3. The summed E-state index contributed by atoms with van der Waals surface area (Å²) in [5, 5.41) is 3.37. The fourth-order valence-corrected chi connectivity index (χ4v) is 3.40. The van der Waals surface area contributed by atoms with E-state index in [1.165, 1.54) is 5.56 Å². The van der Waals surface area contributed by atoms with Gasteiger partial charge in [-0.1, -0.05) is 30.3 Å². The van der Waals surface area contributed by atoms with E-state index >= 15 is 0 Å². The molecule has 1 aromatic carbocycles. The second-order valence-corrected chi connectivity index (χ2v) is 6.22. The Kier molecular flexibility index (Phi) is 4.56. The van der Waals surface area contributed by atoms with Crippen LogP contribution in [0.2, 0.25) is 0 Å². The lowest BCUT2D eigenvalue weighted by atomic mass is 10.00. The third-order valence-corrected chi connectivity index (χ3v) is 4.78. The summed E-state index contributed by atoms with van der Waals surface area (Å²) in [5.74, 6) is 0.539. The van der Waals surface area contributed by atoms with Crippen molar-refractivity contribution < 1.29 is 4.79 Å². The van der Waals surface area contributed by atoms with Crippen LogP contribution >= 0.6 is 0 Å². The number of piperazine rings is 1. The lowest BCUT2D eigenvalue weighted by molar-refractivity contribution is -0.137. The Bertz CT molecular complexity index is 468. The predicted octanol–water partition coefficient (Wildman–Crippen LogP) is 1.33. The molecule has 1 amide bonds. The van der Waals surface area contributed by atoms with Crippen LogP contribution in [-0.2, 0) is 11.3 Å². The van der Waals surface area contributed by atoms with Crippen molar-refractivity contribution in [3.8, 4) is 0 Å². The van der Waals surface area contributed by atoms with E-state index in [0.717, 1.165) is 45.7 Å². The number of hydrogen-bond acceptors (Lipinski definition) is 3. The molecule has 2 aliphatic rings. The first kappa shape index (κ1) is 14.5. The second kappa shape index (κ2) is 6.58. The molecule has 2 unspecified atom stereocenters. The Labute approximate surface area is 127 Å². The van der Waals surface area contributed by atoms with Crippen molar-refractivity contribution in [2.24, 2.45) is 5.92 Å². The van der Waals surface area contributed by atoms with Crippen molar-refractivity contribution >= 4 is 5.91 Å². The van der Waals surface area contributed by atoms with Gasteiger partial charge in [-0.25, -0.2) is 0 Å². The average molecular weight is 287 g/mol. The second-order valence-electron chi connectivity index (χ2n) is 6.22. The molecule has 4 heteroatoms. The zero-order valence-corrected chi connectivity index (χ0v) is 12.8. The highest BCUT2D eigenvalue weighted by molar-refractivity contribution is 5.80. The molecule has 2 heterocycles. The molecule has 4 nitrogen and oxygen atoms in total. The van der Waals surface area contributed by atoms with Gasteiger partial charge in [0.25, 0.3) is 0 Å². The zero-order valence-electron chi connectivity index (χ0n) is 12.8. The number of amides is 1. The Morgan fingerprint density at radius 1 is 1.19 bits per heavy atom. The minimum atomic E-state index is 0.186. The zero-order chi connectivity index (χ0) is 14.7. The maximum atomic E-state index is 12.5. The SMILES string of the molecule is CC1NCCC1C(=O)N1CCN(Cc2ccccc2)CC1. The van der Waals surface area contributed by atoms with E-state index in [1.54, 1.807) is 0 Å². The molecule has 0 spiro atoms. The standard InChI is InChI=1S/C17H25N3O/c1-14-16(7-8-18-14)17(21)20-11-9-19(10-12-20)13-15-5-3-2-4-6-15/h2-6,14,16,18H,7-13H2,1H3. The van der Waals surface area contributed by atoms with Gasteiger partial charge in [0, 0.05) is 38.8 Å². The third kappa shape index (κ3) is 3.44. The summed E-state index contributed by atoms with van der Waals surface area (Å²) in [6, 6.07) is 10.9. The van der Waals surface area contributed by atoms with E-state index in [0.29, 0.717) is 11.9 Å². The molecule has 21 heavy (non-hydrogen) atoms. The summed E-state index contributed by atoms with van der Waals surface area (Å²) >= 11 is 0. The molecule has 1 aromatic rings. The Hall–Kier alpha value is -1.39. The first-order valence-electron chi connectivity index (χ1n) is 8.02. The highest BCUT2D eigenvalue weighted by Gasteiger charge is 2.33. The van der Waals surface area contributed by atoms with Crippen LogP contribution in [0.25, 0.3) is 0 Å². The van der Waals surface area contributed by atoms with Gasteiger partial charge < -0.3 is 10.2 Å². The van der Waals surface area contributed by atoms with Gasteiger partial charge in [0.1, 0.15) is 0 Å². The van der Waals surface area contributed by atoms with Crippen LogP contribution in [0.15, 0.2) is 30.3 Å². The molecule has 1 N–H and O–H groups in total. The average Bonchev–Trinajstić information content (AvgIpc) is 2.94. The smallest absolute Gasteiger partial charge is 0.227 e. The highest BCUT2D eigenvalue weighted by atomic mass is 16.2. The fraction of sp³-hybridized carbons (Fsp3) is 0.588. The number of carbonyl (C=O) groups excluding carboxylic acids is 1. The first-order chi connectivity index (χ1) is 10.2. The van der Waals surface area contributed by atoms with E-state index < -0.39 is 0 Å². The van der Waals surface area contributed by atoms with Crippen LogP contribution in [-0.4, -0.2) is 54.5 Å². The predicted molar refractivity (Wildman–Crippen MR) is 83.9 cm³/mol. The van der Waals surface area contributed by atoms with Crippen LogP contribution in [0.5, 0.6) is 0 Å². The lowest BCUT2D eigenvalue weighted by Crippen LogP contribution is -2.51. The van der Waals surface area contributed by atoms with Crippen molar-refractivity contribution in [2.45, 2.75) is 25.9 Å². The summed E-state index contributed by atoms with van der Waals surface area (Å²) < 4.78 is 0. The summed E-state index contributed by atoms with van der Waals surface area (Å²) in [6.45, 7) is 7.80. The van der Waals surface area contributed by atoms with Gasteiger partial charge in [0.2, 0.25) is 5.91 Å². The molecule has 0 aliphatic carbocycles. The van der Waals surface area contributed by atoms with Crippen molar-refractivity contribution in [2.75, 3.05) is 32.7 Å². The summed E-state index contributed by atoms with van der Waals surface area (Å²) in [5.41, 5.74) is 1.35. The molecule has 114 valence electrons. The van der Waals surface area contributed by atoms with Gasteiger partial charge in [0.05, 0.1) is 5.92 Å². The minimum absolute atomic E-state index is 0.186. The molecular weight excluding hydrogens is 262 g/mol. The van der Waals surface area contributed by atoms with E-state index in [1.807, 2.05) is 0 Å². The fourth-order valence-electron chi connectivity index (χ4n) is 3.40. The highest BCUT2D eigenvalue weighted by Crippen LogP contribution is 2.19. The first-order valence-corrected chi connectivity index (χ1v) is 8.02. The van der Waals surface area contributed by atoms with Crippen LogP contribution in [0.1, 0.15) is 18.9 Å². The molecule has 2 saturated heterocycles. The normalized spacial score (nSPS) is 27.0. The Morgan fingerprint density at radius 3 is 2.52 bits per heavy atom. The van der Waals surface area contributed by atoms with Crippen LogP contribution in [0, 0.1) is 5.92 Å². The van der Waals surface area contributed by atoms with Crippen molar-refractivity contribution in [3.63, 3.8) is 0 Å². The topological polar surface area (TPSA) is 35.6 Å². The number of benzene rings is 1. The molecular formula is C17H25N3O. The number of nitrogens with one attached hydrogen (secondary N) is 1. The Balaban J connectivity index is 1.50. The molecule has 2 atom stereocenters. The van der Waals surface area contributed by atoms with Crippen molar-refractivity contribution in [3.05, 3.63) is 35.9 Å². The summed E-state index contributed by atoms with van der Waals surface area (Å²) in [7, 11) is 0. The number of carbonyl (C=O) groups is 1. The monoisotopic (exact) mass is 287 g/mol. The molecule has 0 radical (unpaired) electrons. The number of hydrogen-bond donors (Lipinski definition) is 1. The van der Waals surface area contributed by atoms with Crippen molar-refractivity contribution in [1.82, 2.24) is 15.1 Å². The van der Waals surface area contributed by atoms with Crippen molar-refractivity contribution in [1.29, 1.82) is 0 Å². The molecule has 2 fully saturated rings. The molecule has 2 aliphatic heterocycles. The van der Waals surface area contributed by atoms with Gasteiger partial charge in [-0.3, -0.25) is 9.69 Å². The van der Waals surface area contributed by atoms with Crippen LogP contribution < -0.4 is 5.32 Å². The van der Waals surface area contributed by atoms with Gasteiger partial charge in [-0.05, 0) is 25.5 Å². The largest absolute Gasteiger partial charge is 0.340 e. The maximum absolute atomic E-state index is 12.5. The van der Waals surface area contributed by atoms with Gasteiger partial charge >= 0.3 is 0 Å². The summed E-state index contributed by atoms with van der Waals surface area (Å²) in [6.07, 6.45) is 0.990. The van der Waals surface area contributed by atoms with E-state index in [4.69, 9.17) is 0 Å². The third-order valence-electron chi connectivity index (χ3n) is 4.78. The number of nitrogens with zero attached hydrogens (tertiary/aromatic N) is 2. The van der Waals surface area contributed by atoms with E-state index in [-0.39, 0.29) is 5.92 Å². The quantitative estimate of drug-likeness (QED) is 0.911. The van der Waals surface area contributed by atoms with Crippen LogP contribution in [0.4, 0.5) is 0 Å². The minimum Gasteiger partial charge on any atom is -0.340 e. The van der Waals surface area contributed by atoms with Crippen LogP contribution in [0.3, 0.4) is 0 Å². The lowest BCUT2D eigenvalue weighted by Gasteiger charge is -2.36. The van der Waals surface area contributed by atoms with E-state index in [9.17, 15) is 4.79 Å². The summed E-state index contributed by atoms with van der Waals surface area (Å²) in [4.78, 5) is 17.0. The molecule has 0 saturated carbocycles. The molecule has 3 rings (SSSR count). The maximum Gasteiger partial charge on any atom is 0.227 e. The van der Waals surface area contributed by atoms with Gasteiger partial charge in [0.15, 0.2) is 0 Å². The van der Waals surface area contributed by atoms with Gasteiger partial charge in [-0.15, -0.1) is 0 Å².